The summed E-state index contributed by atoms with van der Waals surface area (Å²) in [5.41, 5.74) is 1.66. The zero-order valence-corrected chi connectivity index (χ0v) is 17.4. The zero-order valence-electron chi connectivity index (χ0n) is 16.6. The molecular weight excluding hydrogens is 401 g/mol. The first-order valence-corrected chi connectivity index (χ1v) is 10.8. The molecule has 1 fully saturated rings. The monoisotopic (exact) mass is 425 g/mol. The molecule has 0 saturated carbocycles. The summed E-state index contributed by atoms with van der Waals surface area (Å²) < 4.78 is 17.7. The fourth-order valence-electron chi connectivity index (χ4n) is 3.53. The van der Waals surface area contributed by atoms with E-state index in [1.165, 1.54) is 29.2 Å². The molecule has 0 bridgehead atoms. The van der Waals surface area contributed by atoms with Crippen LogP contribution in [-0.4, -0.2) is 35.0 Å². The van der Waals surface area contributed by atoms with Crippen LogP contribution >= 0.6 is 11.5 Å². The number of carbonyl (C=O) groups excluding carboxylic acids is 1. The molecule has 3 aromatic rings. The van der Waals surface area contributed by atoms with Gasteiger partial charge >= 0.3 is 6.03 Å². The van der Waals surface area contributed by atoms with Gasteiger partial charge in [-0.1, -0.05) is 36.4 Å². The molecule has 2 aromatic carbocycles. The van der Waals surface area contributed by atoms with Crippen molar-refractivity contribution in [2.45, 2.75) is 19.3 Å². The molecule has 0 unspecified atom stereocenters. The molecule has 0 atom stereocenters. The van der Waals surface area contributed by atoms with Crippen molar-refractivity contribution in [2.24, 2.45) is 5.92 Å². The molecule has 2 amide bonds. The van der Waals surface area contributed by atoms with Crippen molar-refractivity contribution < 1.29 is 9.18 Å². The SMILES string of the molecule is O=C(NCC1CCN(c2nc(Cc3ccccc3)ns2)CC1)Nc1cccc(F)c1. The molecule has 30 heavy (non-hydrogen) atoms. The lowest BCUT2D eigenvalue weighted by Gasteiger charge is -2.31. The number of hydrogen-bond donors (Lipinski definition) is 2. The number of carbonyl (C=O) groups is 1. The van der Waals surface area contributed by atoms with Crippen LogP contribution < -0.4 is 15.5 Å². The lowest BCUT2D eigenvalue weighted by atomic mass is 9.97. The molecule has 4 rings (SSSR count). The van der Waals surface area contributed by atoms with E-state index in [4.69, 9.17) is 4.98 Å². The predicted molar refractivity (Wildman–Crippen MR) is 118 cm³/mol. The average molecular weight is 426 g/mol. The lowest BCUT2D eigenvalue weighted by molar-refractivity contribution is 0.248. The Kier molecular flexibility index (Phi) is 6.53. The third-order valence-corrected chi connectivity index (χ3v) is 6.00. The maximum atomic E-state index is 13.2. The minimum Gasteiger partial charge on any atom is -0.347 e. The van der Waals surface area contributed by atoms with Crippen LogP contribution in [0.2, 0.25) is 0 Å². The van der Waals surface area contributed by atoms with Gasteiger partial charge < -0.3 is 15.5 Å². The molecule has 1 aliphatic heterocycles. The van der Waals surface area contributed by atoms with Crippen LogP contribution in [0.3, 0.4) is 0 Å². The minimum absolute atomic E-state index is 0.308. The lowest BCUT2D eigenvalue weighted by Crippen LogP contribution is -2.39. The normalized spacial score (nSPS) is 14.5. The van der Waals surface area contributed by atoms with Crippen LogP contribution in [0.4, 0.5) is 20.0 Å². The van der Waals surface area contributed by atoms with Gasteiger partial charge in [0.2, 0.25) is 5.13 Å². The van der Waals surface area contributed by atoms with Gasteiger partial charge in [0.1, 0.15) is 11.6 Å². The fraction of sp³-hybridized carbons (Fsp3) is 0.318. The molecule has 1 aliphatic rings. The van der Waals surface area contributed by atoms with Gasteiger partial charge in [-0.3, -0.25) is 0 Å². The second-order valence-corrected chi connectivity index (χ2v) is 8.16. The van der Waals surface area contributed by atoms with Crippen LogP contribution in [0.15, 0.2) is 54.6 Å². The van der Waals surface area contributed by atoms with E-state index in [0.717, 1.165) is 43.3 Å². The fourth-order valence-corrected chi connectivity index (χ4v) is 4.27. The number of nitrogens with zero attached hydrogens (tertiary/aromatic N) is 3. The van der Waals surface area contributed by atoms with Crippen LogP contribution in [0, 0.1) is 11.7 Å². The number of benzene rings is 2. The first-order chi connectivity index (χ1) is 14.7. The van der Waals surface area contributed by atoms with Crippen LogP contribution in [0.25, 0.3) is 0 Å². The second kappa shape index (κ2) is 9.67. The van der Waals surface area contributed by atoms with Crippen LogP contribution in [0.1, 0.15) is 24.2 Å². The highest BCUT2D eigenvalue weighted by Gasteiger charge is 2.22. The van der Waals surface area contributed by atoms with Gasteiger partial charge in [0, 0.05) is 43.3 Å². The molecule has 2 N–H and O–H groups in total. The van der Waals surface area contributed by atoms with Crippen molar-refractivity contribution in [1.29, 1.82) is 0 Å². The summed E-state index contributed by atoms with van der Waals surface area (Å²) in [6, 6.07) is 15.8. The summed E-state index contributed by atoms with van der Waals surface area (Å²) in [6.07, 6.45) is 2.71. The number of rotatable bonds is 6. The average Bonchev–Trinajstić information content (AvgIpc) is 3.22. The van der Waals surface area contributed by atoms with E-state index in [1.807, 2.05) is 18.2 Å². The number of urea groups is 1. The summed E-state index contributed by atoms with van der Waals surface area (Å²) in [6.45, 7) is 2.40. The molecule has 1 saturated heterocycles. The number of amides is 2. The van der Waals surface area contributed by atoms with Gasteiger partial charge in [-0.25, -0.2) is 14.2 Å². The second-order valence-electron chi connectivity index (χ2n) is 7.43. The van der Waals surface area contributed by atoms with E-state index in [2.05, 4.69) is 32.0 Å². The molecular formula is C22H24FN5OS. The van der Waals surface area contributed by atoms with Gasteiger partial charge in [-0.2, -0.15) is 4.37 Å². The molecule has 6 nitrogen and oxygen atoms in total. The molecule has 1 aromatic heterocycles. The van der Waals surface area contributed by atoms with Gasteiger partial charge in [0.05, 0.1) is 0 Å². The number of aromatic nitrogens is 2. The maximum absolute atomic E-state index is 13.2. The van der Waals surface area contributed by atoms with E-state index >= 15 is 0 Å². The summed E-state index contributed by atoms with van der Waals surface area (Å²) in [5.74, 6) is 0.902. The first-order valence-electron chi connectivity index (χ1n) is 10.1. The van der Waals surface area contributed by atoms with Gasteiger partial charge in [0.25, 0.3) is 0 Å². The Labute approximate surface area is 179 Å². The zero-order chi connectivity index (χ0) is 20.8. The van der Waals surface area contributed by atoms with Crippen LogP contribution in [0.5, 0.6) is 0 Å². The highest BCUT2D eigenvalue weighted by molar-refractivity contribution is 7.09. The number of piperidine rings is 1. The molecule has 0 aliphatic carbocycles. The first kappa shape index (κ1) is 20.3. The molecule has 2 heterocycles. The van der Waals surface area contributed by atoms with E-state index in [-0.39, 0.29) is 11.8 Å². The van der Waals surface area contributed by atoms with Gasteiger partial charge in [-0.05, 0) is 42.5 Å². The van der Waals surface area contributed by atoms with Crippen molar-refractivity contribution in [1.82, 2.24) is 14.7 Å². The Bertz CT molecular complexity index is 972. The van der Waals surface area contributed by atoms with Crippen molar-refractivity contribution in [3.63, 3.8) is 0 Å². The Morgan fingerprint density at radius 3 is 2.70 bits per heavy atom. The highest BCUT2D eigenvalue weighted by Crippen LogP contribution is 2.25. The van der Waals surface area contributed by atoms with Crippen molar-refractivity contribution >= 4 is 28.4 Å². The minimum atomic E-state index is -0.372. The topological polar surface area (TPSA) is 70.2 Å². The number of hydrogen-bond acceptors (Lipinski definition) is 5. The third kappa shape index (κ3) is 5.54. The molecule has 8 heteroatoms. The molecule has 0 radical (unpaired) electrons. The summed E-state index contributed by atoms with van der Waals surface area (Å²) in [7, 11) is 0. The largest absolute Gasteiger partial charge is 0.347 e. The van der Waals surface area contributed by atoms with E-state index in [9.17, 15) is 9.18 Å². The van der Waals surface area contributed by atoms with E-state index in [0.29, 0.717) is 18.2 Å². The number of anilines is 2. The molecule has 0 spiro atoms. The van der Waals surface area contributed by atoms with Crippen molar-refractivity contribution in [3.8, 4) is 0 Å². The summed E-state index contributed by atoms with van der Waals surface area (Å²) in [4.78, 5) is 19.0. The Morgan fingerprint density at radius 2 is 1.93 bits per heavy atom. The predicted octanol–water partition coefficient (Wildman–Crippen LogP) is 4.31. The summed E-state index contributed by atoms with van der Waals surface area (Å²) in [5, 5.41) is 6.52. The van der Waals surface area contributed by atoms with E-state index in [1.54, 1.807) is 12.1 Å². The number of nitrogens with one attached hydrogen (secondary N) is 2. The Balaban J connectivity index is 1.21. The molecule has 156 valence electrons. The number of halogens is 1. The summed E-state index contributed by atoms with van der Waals surface area (Å²) >= 11 is 1.45. The van der Waals surface area contributed by atoms with Gasteiger partial charge in [-0.15, -0.1) is 0 Å². The van der Waals surface area contributed by atoms with Crippen LogP contribution in [-0.2, 0) is 6.42 Å². The van der Waals surface area contributed by atoms with Gasteiger partial charge in [0.15, 0.2) is 0 Å². The Hall–Kier alpha value is -3.00. The smallest absolute Gasteiger partial charge is 0.319 e. The highest BCUT2D eigenvalue weighted by atomic mass is 32.1. The standard InChI is InChI=1S/C22H24FN5OS/c23-18-7-4-8-19(14-18)25-21(29)24-15-17-9-11-28(12-10-17)22-26-20(27-30-22)13-16-5-2-1-3-6-16/h1-8,14,17H,9-13,15H2,(H2,24,25,29). The third-order valence-electron chi connectivity index (χ3n) is 5.18. The van der Waals surface area contributed by atoms with Crippen molar-refractivity contribution in [3.05, 3.63) is 71.8 Å². The quantitative estimate of drug-likeness (QED) is 0.618. The Morgan fingerprint density at radius 1 is 1.13 bits per heavy atom. The van der Waals surface area contributed by atoms with E-state index < -0.39 is 0 Å². The maximum Gasteiger partial charge on any atom is 0.319 e. The van der Waals surface area contributed by atoms with Crippen molar-refractivity contribution in [2.75, 3.05) is 29.9 Å².